The van der Waals surface area contributed by atoms with E-state index in [-0.39, 0.29) is 36.8 Å². The first-order chi connectivity index (χ1) is 9.19. The van der Waals surface area contributed by atoms with Gasteiger partial charge in [0, 0.05) is 25.0 Å². The molecule has 1 aliphatic rings. The molecule has 2 N–H and O–H groups in total. The maximum absolute atomic E-state index is 12.5. The number of aromatic nitrogens is 2. The molecule has 0 bridgehead atoms. The average Bonchev–Trinajstić information content (AvgIpc) is 3.01. The van der Waals surface area contributed by atoms with Crippen molar-refractivity contribution in [3.63, 3.8) is 0 Å². The lowest BCUT2D eigenvalue weighted by Crippen LogP contribution is -2.34. The Balaban J connectivity index is 0.00000110. The Kier molecular flexibility index (Phi) is 6.01. The second-order valence-electron chi connectivity index (χ2n) is 5.24. The van der Waals surface area contributed by atoms with E-state index in [0.717, 1.165) is 18.6 Å². The Morgan fingerprint density at radius 2 is 2.19 bits per heavy atom. The molecule has 3 heterocycles. The van der Waals surface area contributed by atoms with Gasteiger partial charge >= 0.3 is 0 Å². The zero-order chi connectivity index (χ0) is 13.4. The van der Waals surface area contributed by atoms with Gasteiger partial charge in [-0.1, -0.05) is 6.07 Å². The molecule has 5 nitrogen and oxygen atoms in total. The monoisotopic (exact) mass is 330 g/mol. The molecule has 1 fully saturated rings. The molecule has 21 heavy (non-hydrogen) atoms. The van der Waals surface area contributed by atoms with E-state index in [1.54, 1.807) is 6.20 Å². The molecule has 0 radical (unpaired) electrons. The van der Waals surface area contributed by atoms with Crippen molar-refractivity contribution in [2.24, 2.45) is 11.7 Å². The van der Waals surface area contributed by atoms with Crippen molar-refractivity contribution in [3.05, 3.63) is 36.3 Å². The quantitative estimate of drug-likeness (QED) is 0.915. The molecule has 0 saturated carbocycles. The van der Waals surface area contributed by atoms with Gasteiger partial charge in [-0.15, -0.1) is 24.8 Å². The number of amides is 1. The molecule has 2 unspecified atom stereocenters. The van der Waals surface area contributed by atoms with Crippen LogP contribution in [0.5, 0.6) is 0 Å². The third kappa shape index (κ3) is 3.31. The predicted molar refractivity (Wildman–Crippen MR) is 87.3 cm³/mol. The fraction of sp³-hybridized carbons (Fsp3) is 0.429. The minimum absolute atomic E-state index is 0. The molecule has 116 valence electrons. The first-order valence-electron chi connectivity index (χ1n) is 6.64. The van der Waals surface area contributed by atoms with Gasteiger partial charge < -0.3 is 15.0 Å². The maximum Gasteiger partial charge on any atom is 0.274 e. The number of nitrogens with zero attached hydrogens (tertiary/aromatic N) is 3. The number of carbonyl (C=O) groups is 1. The van der Waals surface area contributed by atoms with E-state index in [1.165, 1.54) is 0 Å². The van der Waals surface area contributed by atoms with Crippen LogP contribution in [0.3, 0.4) is 0 Å². The van der Waals surface area contributed by atoms with E-state index in [1.807, 2.05) is 33.7 Å². The lowest BCUT2D eigenvalue weighted by molar-refractivity contribution is 0.0738. The fourth-order valence-corrected chi connectivity index (χ4v) is 2.78. The second-order valence-corrected chi connectivity index (χ2v) is 5.24. The van der Waals surface area contributed by atoms with Crippen LogP contribution in [-0.4, -0.2) is 39.3 Å². The number of likely N-dealkylation sites (tertiary alicyclic amines) is 1. The molecular formula is C14H20Cl2N4O. The van der Waals surface area contributed by atoms with E-state index >= 15 is 0 Å². The van der Waals surface area contributed by atoms with Gasteiger partial charge in [-0.2, -0.15) is 0 Å². The Labute approximate surface area is 136 Å². The number of rotatable bonds is 2. The van der Waals surface area contributed by atoms with E-state index in [4.69, 9.17) is 5.73 Å². The molecule has 7 heteroatoms. The van der Waals surface area contributed by atoms with Gasteiger partial charge in [0.1, 0.15) is 11.3 Å². The predicted octanol–water partition coefficient (Wildman–Crippen LogP) is 1.99. The Morgan fingerprint density at radius 3 is 2.81 bits per heavy atom. The normalized spacial score (nSPS) is 21.0. The molecule has 0 aromatic carbocycles. The standard InChI is InChI=1S/C14H18N4O.2ClH/c1-10-6-11(7-15)8-18(10)14(19)12-9-17-5-3-2-4-13(17)16-12;;/h2-5,9-11H,6-8,15H2,1H3;2*1H. The van der Waals surface area contributed by atoms with Gasteiger partial charge in [0.2, 0.25) is 0 Å². The molecule has 1 aliphatic heterocycles. The maximum atomic E-state index is 12.5. The summed E-state index contributed by atoms with van der Waals surface area (Å²) >= 11 is 0. The molecule has 3 rings (SSSR count). The van der Waals surface area contributed by atoms with Crippen LogP contribution in [0.2, 0.25) is 0 Å². The van der Waals surface area contributed by atoms with E-state index < -0.39 is 0 Å². The SMILES string of the molecule is CC1CC(CN)CN1C(=O)c1cn2ccccc2n1.Cl.Cl. The third-order valence-corrected chi connectivity index (χ3v) is 3.84. The minimum Gasteiger partial charge on any atom is -0.334 e. The van der Waals surface area contributed by atoms with Gasteiger partial charge in [-0.05, 0) is 37.9 Å². The molecule has 2 atom stereocenters. The fourth-order valence-electron chi connectivity index (χ4n) is 2.78. The topological polar surface area (TPSA) is 63.6 Å². The molecule has 1 amide bonds. The zero-order valence-corrected chi connectivity index (χ0v) is 13.4. The summed E-state index contributed by atoms with van der Waals surface area (Å²) in [6.07, 6.45) is 4.67. The van der Waals surface area contributed by atoms with Gasteiger partial charge in [0.05, 0.1) is 0 Å². The zero-order valence-electron chi connectivity index (χ0n) is 11.8. The van der Waals surface area contributed by atoms with Crippen LogP contribution in [-0.2, 0) is 0 Å². The number of hydrogen-bond acceptors (Lipinski definition) is 3. The van der Waals surface area contributed by atoms with Crippen molar-refractivity contribution in [1.29, 1.82) is 0 Å². The largest absolute Gasteiger partial charge is 0.334 e. The number of carbonyl (C=O) groups excluding carboxylic acids is 1. The Morgan fingerprint density at radius 1 is 1.43 bits per heavy atom. The smallest absolute Gasteiger partial charge is 0.274 e. The number of fused-ring (bicyclic) bond motifs is 1. The molecule has 2 aromatic rings. The minimum atomic E-state index is 0. The van der Waals surface area contributed by atoms with Crippen molar-refractivity contribution in [2.75, 3.05) is 13.1 Å². The van der Waals surface area contributed by atoms with Crippen LogP contribution < -0.4 is 5.73 Å². The Hall–Kier alpha value is -1.30. The van der Waals surface area contributed by atoms with Gasteiger partial charge in [0.25, 0.3) is 5.91 Å². The second kappa shape index (κ2) is 7.11. The summed E-state index contributed by atoms with van der Waals surface area (Å²) in [5, 5.41) is 0. The van der Waals surface area contributed by atoms with Crippen molar-refractivity contribution in [2.45, 2.75) is 19.4 Å². The average molecular weight is 331 g/mol. The summed E-state index contributed by atoms with van der Waals surface area (Å²) < 4.78 is 1.87. The molecule has 0 spiro atoms. The van der Waals surface area contributed by atoms with Crippen molar-refractivity contribution < 1.29 is 4.79 Å². The van der Waals surface area contributed by atoms with E-state index in [2.05, 4.69) is 11.9 Å². The highest BCUT2D eigenvalue weighted by molar-refractivity contribution is 5.93. The number of nitrogens with two attached hydrogens (primary N) is 1. The van der Waals surface area contributed by atoms with Crippen molar-refractivity contribution >= 4 is 36.4 Å². The van der Waals surface area contributed by atoms with Crippen LogP contribution >= 0.6 is 24.8 Å². The highest BCUT2D eigenvalue weighted by atomic mass is 35.5. The van der Waals surface area contributed by atoms with Crippen LogP contribution in [0.4, 0.5) is 0 Å². The lowest BCUT2D eigenvalue weighted by atomic mass is 10.1. The third-order valence-electron chi connectivity index (χ3n) is 3.84. The Bertz CT molecular complexity index is 583. The van der Waals surface area contributed by atoms with Gasteiger partial charge in [-0.25, -0.2) is 4.98 Å². The first kappa shape index (κ1) is 17.8. The highest BCUT2D eigenvalue weighted by Gasteiger charge is 2.33. The number of imidazole rings is 1. The van der Waals surface area contributed by atoms with Crippen LogP contribution in [0.15, 0.2) is 30.6 Å². The first-order valence-corrected chi connectivity index (χ1v) is 6.64. The summed E-state index contributed by atoms with van der Waals surface area (Å²) in [6.45, 7) is 3.45. The van der Waals surface area contributed by atoms with Crippen molar-refractivity contribution in [1.82, 2.24) is 14.3 Å². The van der Waals surface area contributed by atoms with Crippen LogP contribution in [0, 0.1) is 5.92 Å². The summed E-state index contributed by atoms with van der Waals surface area (Å²) in [4.78, 5) is 18.8. The van der Waals surface area contributed by atoms with Crippen molar-refractivity contribution in [3.8, 4) is 0 Å². The molecular weight excluding hydrogens is 311 g/mol. The van der Waals surface area contributed by atoms with Gasteiger partial charge in [-0.3, -0.25) is 4.79 Å². The highest BCUT2D eigenvalue weighted by Crippen LogP contribution is 2.24. The summed E-state index contributed by atoms with van der Waals surface area (Å²) in [5.74, 6) is 0.420. The van der Waals surface area contributed by atoms with Crippen LogP contribution in [0.1, 0.15) is 23.8 Å². The number of halogens is 2. The van der Waals surface area contributed by atoms with Crippen LogP contribution in [0.25, 0.3) is 5.65 Å². The van der Waals surface area contributed by atoms with E-state index in [0.29, 0.717) is 18.2 Å². The lowest BCUT2D eigenvalue weighted by Gasteiger charge is -2.20. The number of pyridine rings is 1. The van der Waals surface area contributed by atoms with E-state index in [9.17, 15) is 4.79 Å². The summed E-state index contributed by atoms with van der Waals surface area (Å²) in [7, 11) is 0. The molecule has 0 aliphatic carbocycles. The summed E-state index contributed by atoms with van der Waals surface area (Å²) in [6, 6.07) is 5.98. The summed E-state index contributed by atoms with van der Waals surface area (Å²) in [5.41, 5.74) is 7.01. The molecule has 1 saturated heterocycles. The van der Waals surface area contributed by atoms with Gasteiger partial charge in [0.15, 0.2) is 0 Å². The molecule has 2 aromatic heterocycles. The number of hydrogen-bond donors (Lipinski definition) is 1.